The molecule has 3 aromatic rings. The number of benzene rings is 1. The Bertz CT molecular complexity index is 799. The summed E-state index contributed by atoms with van der Waals surface area (Å²) in [5.74, 6) is -0.329. The van der Waals surface area contributed by atoms with Gasteiger partial charge in [0.1, 0.15) is 5.69 Å². The minimum absolute atomic E-state index is 0.258. The van der Waals surface area contributed by atoms with Crippen molar-refractivity contribution in [3.05, 3.63) is 58.4 Å². The second kappa shape index (κ2) is 6.21. The smallest absolute Gasteiger partial charge is 0.277 e. The van der Waals surface area contributed by atoms with Gasteiger partial charge < -0.3 is 0 Å². The molecule has 0 aliphatic carbocycles. The third-order valence-electron chi connectivity index (χ3n) is 2.88. The van der Waals surface area contributed by atoms with Gasteiger partial charge in [-0.15, -0.1) is 11.3 Å². The molecule has 0 aliphatic heterocycles. The molecule has 2 heterocycles. The summed E-state index contributed by atoms with van der Waals surface area (Å²) in [6, 6.07) is 7.37. The van der Waals surface area contributed by atoms with Crippen molar-refractivity contribution in [2.45, 2.75) is 6.92 Å². The molecule has 3 rings (SSSR count). The van der Waals surface area contributed by atoms with E-state index < -0.39 is 0 Å². The lowest BCUT2D eigenvalue weighted by Gasteiger charge is -2.00. The second-order valence-corrected chi connectivity index (χ2v) is 5.84. The van der Waals surface area contributed by atoms with E-state index in [2.05, 4.69) is 20.3 Å². The summed E-state index contributed by atoms with van der Waals surface area (Å²) in [6.07, 6.45) is 2.99. The zero-order valence-corrected chi connectivity index (χ0v) is 13.1. The lowest BCUT2D eigenvalue weighted by molar-refractivity contribution is 0.102. The maximum Gasteiger partial charge on any atom is 0.277 e. The zero-order valence-electron chi connectivity index (χ0n) is 11.6. The van der Waals surface area contributed by atoms with Gasteiger partial charge in [0, 0.05) is 22.2 Å². The third kappa shape index (κ3) is 3.29. The summed E-state index contributed by atoms with van der Waals surface area (Å²) in [5, 5.41) is 5.78. The third-order valence-corrected chi connectivity index (χ3v) is 3.89. The van der Waals surface area contributed by atoms with Gasteiger partial charge in [-0.3, -0.25) is 15.1 Å². The molecule has 0 saturated carbocycles. The highest BCUT2D eigenvalue weighted by Crippen LogP contribution is 2.26. The zero-order chi connectivity index (χ0) is 15.5. The molecule has 5 nitrogen and oxygen atoms in total. The van der Waals surface area contributed by atoms with Crippen molar-refractivity contribution in [2.75, 3.05) is 5.32 Å². The Balaban J connectivity index is 1.75. The summed E-state index contributed by atoms with van der Waals surface area (Å²) in [4.78, 5) is 24.5. The van der Waals surface area contributed by atoms with Gasteiger partial charge in [-0.25, -0.2) is 9.97 Å². The van der Waals surface area contributed by atoms with Crippen LogP contribution in [0.15, 0.2) is 42.0 Å². The summed E-state index contributed by atoms with van der Waals surface area (Å²) in [6.45, 7) is 1.81. The quantitative estimate of drug-likeness (QED) is 0.792. The fourth-order valence-corrected chi connectivity index (χ4v) is 2.60. The van der Waals surface area contributed by atoms with E-state index in [9.17, 15) is 4.79 Å². The molecule has 0 unspecified atom stereocenters. The maximum atomic E-state index is 12.1. The molecule has 7 heteroatoms. The van der Waals surface area contributed by atoms with Crippen molar-refractivity contribution in [1.29, 1.82) is 0 Å². The number of nitrogens with zero attached hydrogens (tertiary/aromatic N) is 3. The standard InChI is InChI=1S/C15H11ClN4OS/c1-9-6-18-12(7-17-9)14(21)20-15-19-13(8-22-15)10-2-4-11(16)5-3-10/h2-8H,1H3,(H,19,20,21). The van der Waals surface area contributed by atoms with Crippen LogP contribution in [0, 0.1) is 6.92 Å². The number of hydrogen-bond donors (Lipinski definition) is 1. The van der Waals surface area contributed by atoms with Crippen LogP contribution in [0.5, 0.6) is 0 Å². The number of halogens is 1. The van der Waals surface area contributed by atoms with E-state index in [1.807, 2.05) is 24.4 Å². The van der Waals surface area contributed by atoms with Gasteiger partial charge in [0.2, 0.25) is 0 Å². The molecule has 0 aliphatic rings. The number of nitrogens with one attached hydrogen (secondary N) is 1. The topological polar surface area (TPSA) is 67.8 Å². The van der Waals surface area contributed by atoms with E-state index in [4.69, 9.17) is 11.6 Å². The molecule has 1 amide bonds. The molecule has 0 fully saturated rings. The fraction of sp³-hybridized carbons (Fsp3) is 0.0667. The van der Waals surface area contributed by atoms with Crippen molar-refractivity contribution in [3.8, 4) is 11.3 Å². The monoisotopic (exact) mass is 330 g/mol. The minimum atomic E-state index is -0.329. The Morgan fingerprint density at radius 2 is 1.95 bits per heavy atom. The lowest BCUT2D eigenvalue weighted by Crippen LogP contribution is -2.13. The molecule has 0 bridgehead atoms. The van der Waals surface area contributed by atoms with Crippen LogP contribution in [0.2, 0.25) is 5.02 Å². The summed E-state index contributed by atoms with van der Waals surface area (Å²) < 4.78 is 0. The maximum absolute atomic E-state index is 12.1. The van der Waals surface area contributed by atoms with Crippen LogP contribution in [0.25, 0.3) is 11.3 Å². The molecule has 0 saturated heterocycles. The highest BCUT2D eigenvalue weighted by atomic mass is 35.5. The van der Waals surface area contributed by atoms with Crippen molar-refractivity contribution in [2.24, 2.45) is 0 Å². The van der Waals surface area contributed by atoms with Gasteiger partial charge >= 0.3 is 0 Å². The summed E-state index contributed by atoms with van der Waals surface area (Å²) in [5.41, 5.74) is 2.74. The minimum Gasteiger partial charge on any atom is -0.296 e. The number of thiazole rings is 1. The van der Waals surface area contributed by atoms with Gasteiger partial charge in [0.25, 0.3) is 5.91 Å². The van der Waals surface area contributed by atoms with E-state index in [0.717, 1.165) is 17.0 Å². The molecule has 1 aromatic carbocycles. The fourth-order valence-electron chi connectivity index (χ4n) is 1.76. The SMILES string of the molecule is Cc1cnc(C(=O)Nc2nc(-c3ccc(Cl)cc3)cs2)cn1. The van der Waals surface area contributed by atoms with Crippen molar-refractivity contribution < 1.29 is 4.79 Å². The molecular formula is C15H11ClN4OS. The predicted molar refractivity (Wildman–Crippen MR) is 87.3 cm³/mol. The lowest BCUT2D eigenvalue weighted by atomic mass is 10.2. The Morgan fingerprint density at radius 3 is 2.64 bits per heavy atom. The van der Waals surface area contributed by atoms with E-state index in [1.165, 1.54) is 17.5 Å². The molecule has 0 spiro atoms. The first kappa shape index (κ1) is 14.6. The number of amides is 1. The Morgan fingerprint density at radius 1 is 1.18 bits per heavy atom. The van der Waals surface area contributed by atoms with Gasteiger partial charge in [0.05, 0.1) is 17.6 Å². The summed E-state index contributed by atoms with van der Waals surface area (Å²) in [7, 11) is 0. The number of hydrogen-bond acceptors (Lipinski definition) is 5. The predicted octanol–water partition coefficient (Wildman–Crippen LogP) is 3.81. The van der Waals surface area contributed by atoms with Crippen molar-refractivity contribution >= 4 is 34.0 Å². The normalized spacial score (nSPS) is 10.5. The average Bonchev–Trinajstić information content (AvgIpc) is 2.97. The van der Waals surface area contributed by atoms with Crippen LogP contribution in [0.1, 0.15) is 16.2 Å². The Hall–Kier alpha value is -2.31. The van der Waals surface area contributed by atoms with Crippen LogP contribution in [0.3, 0.4) is 0 Å². The molecule has 2 aromatic heterocycles. The highest BCUT2D eigenvalue weighted by Gasteiger charge is 2.11. The van der Waals surface area contributed by atoms with Crippen molar-refractivity contribution in [1.82, 2.24) is 15.0 Å². The highest BCUT2D eigenvalue weighted by molar-refractivity contribution is 7.14. The first-order chi connectivity index (χ1) is 10.6. The van der Waals surface area contributed by atoms with Crippen LogP contribution in [0.4, 0.5) is 5.13 Å². The van der Waals surface area contributed by atoms with E-state index in [-0.39, 0.29) is 11.6 Å². The number of anilines is 1. The second-order valence-electron chi connectivity index (χ2n) is 4.54. The van der Waals surface area contributed by atoms with Gasteiger partial charge in [-0.05, 0) is 19.1 Å². The largest absolute Gasteiger partial charge is 0.296 e. The molecule has 0 atom stereocenters. The number of carbonyl (C=O) groups is 1. The van der Waals surface area contributed by atoms with Crippen LogP contribution in [-0.2, 0) is 0 Å². The van der Waals surface area contributed by atoms with Crippen LogP contribution in [-0.4, -0.2) is 20.9 Å². The van der Waals surface area contributed by atoms with E-state index >= 15 is 0 Å². The first-order valence-electron chi connectivity index (χ1n) is 6.43. The van der Waals surface area contributed by atoms with Gasteiger partial charge in [-0.2, -0.15) is 0 Å². The average molecular weight is 331 g/mol. The molecule has 1 N–H and O–H groups in total. The first-order valence-corrected chi connectivity index (χ1v) is 7.69. The van der Waals surface area contributed by atoms with Gasteiger partial charge in [-0.1, -0.05) is 23.7 Å². The van der Waals surface area contributed by atoms with Crippen molar-refractivity contribution in [3.63, 3.8) is 0 Å². The number of carbonyl (C=O) groups excluding carboxylic acids is 1. The molecule has 110 valence electrons. The van der Waals surface area contributed by atoms with Gasteiger partial charge in [0.15, 0.2) is 5.13 Å². The van der Waals surface area contributed by atoms with E-state index in [1.54, 1.807) is 18.3 Å². The number of aromatic nitrogens is 3. The molecular weight excluding hydrogens is 320 g/mol. The Labute approximate surface area is 136 Å². The number of aryl methyl sites for hydroxylation is 1. The number of rotatable bonds is 3. The van der Waals surface area contributed by atoms with E-state index in [0.29, 0.717) is 10.2 Å². The Kier molecular flexibility index (Phi) is 4.13. The summed E-state index contributed by atoms with van der Waals surface area (Å²) >= 11 is 7.21. The molecule has 22 heavy (non-hydrogen) atoms. The van der Waals surface area contributed by atoms with Crippen LogP contribution >= 0.6 is 22.9 Å². The molecule has 0 radical (unpaired) electrons. The van der Waals surface area contributed by atoms with Crippen LogP contribution < -0.4 is 5.32 Å².